The van der Waals surface area contributed by atoms with Crippen molar-refractivity contribution in [1.82, 2.24) is 0 Å². The Morgan fingerprint density at radius 2 is 1.79 bits per heavy atom. The third-order valence-electron chi connectivity index (χ3n) is 6.00. The van der Waals surface area contributed by atoms with E-state index in [1.165, 1.54) is 0 Å². The van der Waals surface area contributed by atoms with Crippen LogP contribution in [0.15, 0.2) is 42.5 Å². The molecular weight excluding hydrogens is 456 g/mol. The van der Waals surface area contributed by atoms with Gasteiger partial charge >= 0.3 is 0 Å². The third-order valence-corrected chi connectivity index (χ3v) is 6.35. The molecule has 7 unspecified atom stereocenters. The molecule has 2 fully saturated rings. The van der Waals surface area contributed by atoms with Crippen LogP contribution in [0.2, 0.25) is 5.02 Å². The summed E-state index contributed by atoms with van der Waals surface area (Å²) in [5.74, 6) is 0.659. The van der Waals surface area contributed by atoms with Crippen molar-refractivity contribution in [2.24, 2.45) is 0 Å². The summed E-state index contributed by atoms with van der Waals surface area (Å²) in [5, 5.41) is 50.0. The van der Waals surface area contributed by atoms with Crippen LogP contribution in [0.4, 0.5) is 0 Å². The van der Waals surface area contributed by atoms with Gasteiger partial charge in [0.2, 0.25) is 0 Å². The SMILES string of the molecule is OCC1OC(c2ccc(Cl)c(C(OO)c3ccc(OC4CCOC4)cc3)c2)C(O)C(O)C1O. The lowest BCUT2D eigenvalue weighted by molar-refractivity contribution is -0.270. The molecular formula is C23H27ClO9. The Kier molecular flexibility index (Phi) is 7.85. The highest BCUT2D eigenvalue weighted by Gasteiger charge is 2.44. The lowest BCUT2D eigenvalue weighted by Gasteiger charge is -2.40. The van der Waals surface area contributed by atoms with Crippen molar-refractivity contribution in [2.75, 3.05) is 19.8 Å². The van der Waals surface area contributed by atoms with Crippen LogP contribution in [0.3, 0.4) is 0 Å². The topological polar surface area (TPSA) is 138 Å². The van der Waals surface area contributed by atoms with E-state index in [2.05, 4.69) is 0 Å². The molecule has 0 spiro atoms. The van der Waals surface area contributed by atoms with Gasteiger partial charge in [0.25, 0.3) is 0 Å². The van der Waals surface area contributed by atoms with E-state index >= 15 is 0 Å². The van der Waals surface area contributed by atoms with Gasteiger partial charge in [-0.05, 0) is 35.4 Å². The standard InChI is InChI=1S/C23H27ClO9/c24-17-6-3-13(23-21(28)20(27)19(26)18(10-25)32-23)9-16(17)22(33-29)12-1-4-14(5-2-12)31-15-7-8-30-11-15/h1-6,9,15,18-23,25-29H,7-8,10-11H2. The molecule has 0 aromatic heterocycles. The van der Waals surface area contributed by atoms with E-state index in [0.717, 1.165) is 6.42 Å². The summed E-state index contributed by atoms with van der Waals surface area (Å²) in [4.78, 5) is 4.75. The number of aliphatic hydroxyl groups excluding tert-OH is 4. The van der Waals surface area contributed by atoms with Crippen molar-refractivity contribution in [3.8, 4) is 5.75 Å². The first-order valence-electron chi connectivity index (χ1n) is 10.7. The highest BCUT2D eigenvalue weighted by Crippen LogP contribution is 2.37. The van der Waals surface area contributed by atoms with Crippen LogP contribution in [0, 0.1) is 0 Å². The zero-order chi connectivity index (χ0) is 23.5. The number of hydrogen-bond acceptors (Lipinski definition) is 9. The van der Waals surface area contributed by atoms with Crippen LogP contribution in [0.1, 0.15) is 35.3 Å². The average Bonchev–Trinajstić information content (AvgIpc) is 3.34. The maximum atomic E-state index is 10.4. The van der Waals surface area contributed by atoms with Crippen molar-refractivity contribution in [3.63, 3.8) is 0 Å². The highest BCUT2D eigenvalue weighted by molar-refractivity contribution is 6.31. The molecule has 0 bridgehead atoms. The average molecular weight is 483 g/mol. The highest BCUT2D eigenvalue weighted by atomic mass is 35.5. The third kappa shape index (κ3) is 5.17. The van der Waals surface area contributed by atoms with Crippen LogP contribution in [-0.2, 0) is 14.4 Å². The van der Waals surface area contributed by atoms with Crippen LogP contribution >= 0.6 is 11.6 Å². The first-order chi connectivity index (χ1) is 15.9. The van der Waals surface area contributed by atoms with Gasteiger partial charge in [0, 0.05) is 17.0 Å². The summed E-state index contributed by atoms with van der Waals surface area (Å²) in [7, 11) is 0. The molecule has 10 heteroatoms. The monoisotopic (exact) mass is 482 g/mol. The minimum atomic E-state index is -1.51. The van der Waals surface area contributed by atoms with Gasteiger partial charge < -0.3 is 34.6 Å². The molecule has 0 aliphatic carbocycles. The van der Waals surface area contributed by atoms with E-state index < -0.39 is 43.2 Å². The van der Waals surface area contributed by atoms with E-state index in [9.17, 15) is 25.7 Å². The Morgan fingerprint density at radius 3 is 2.42 bits per heavy atom. The Hall–Kier alpha value is -1.79. The number of aliphatic hydroxyl groups is 4. The predicted octanol–water partition coefficient (Wildman–Crippen LogP) is 1.60. The van der Waals surface area contributed by atoms with Gasteiger partial charge in [0.05, 0.1) is 19.8 Å². The largest absolute Gasteiger partial charge is 0.488 e. The van der Waals surface area contributed by atoms with E-state index in [0.29, 0.717) is 40.7 Å². The zero-order valence-corrected chi connectivity index (χ0v) is 18.4. The van der Waals surface area contributed by atoms with Crippen LogP contribution in [0.5, 0.6) is 5.75 Å². The molecule has 2 heterocycles. The molecule has 0 saturated carbocycles. The number of ether oxygens (including phenoxy) is 3. The maximum Gasteiger partial charge on any atom is 0.144 e. The molecule has 33 heavy (non-hydrogen) atoms. The minimum absolute atomic E-state index is 0.00500. The fraction of sp³-hybridized carbons (Fsp3) is 0.478. The van der Waals surface area contributed by atoms with Gasteiger partial charge in [-0.3, -0.25) is 5.26 Å². The van der Waals surface area contributed by atoms with Crippen molar-refractivity contribution in [2.45, 2.75) is 49.1 Å². The molecule has 9 nitrogen and oxygen atoms in total. The zero-order valence-electron chi connectivity index (χ0n) is 17.7. The maximum absolute atomic E-state index is 10.4. The van der Waals surface area contributed by atoms with Gasteiger partial charge in [0.1, 0.15) is 48.5 Å². The number of hydrogen-bond donors (Lipinski definition) is 5. The molecule has 0 radical (unpaired) electrons. The van der Waals surface area contributed by atoms with E-state index in [4.69, 9.17) is 30.7 Å². The Labute approximate surface area is 195 Å². The Balaban J connectivity index is 1.58. The summed E-state index contributed by atoms with van der Waals surface area (Å²) >= 11 is 6.38. The van der Waals surface area contributed by atoms with Crippen molar-refractivity contribution in [1.29, 1.82) is 0 Å². The smallest absolute Gasteiger partial charge is 0.144 e. The number of rotatable bonds is 7. The first-order valence-corrected chi connectivity index (χ1v) is 11.0. The van der Waals surface area contributed by atoms with Gasteiger partial charge in [-0.15, -0.1) is 0 Å². The summed E-state index contributed by atoms with van der Waals surface area (Å²) in [5.41, 5.74) is 1.42. The second-order valence-corrected chi connectivity index (χ2v) is 8.60. The molecule has 0 amide bonds. The second kappa shape index (κ2) is 10.6. The lowest BCUT2D eigenvalue weighted by atomic mass is 9.89. The summed E-state index contributed by atoms with van der Waals surface area (Å²) < 4.78 is 16.8. The number of halogens is 1. The first kappa shape index (κ1) is 24.3. The van der Waals surface area contributed by atoms with E-state index in [1.807, 2.05) is 0 Å². The fourth-order valence-electron chi connectivity index (χ4n) is 4.13. The number of benzene rings is 2. The molecule has 5 N–H and O–H groups in total. The molecule has 2 aliphatic rings. The molecule has 2 aromatic rings. The molecule has 2 aliphatic heterocycles. The van der Waals surface area contributed by atoms with E-state index in [1.54, 1.807) is 42.5 Å². The molecule has 180 valence electrons. The van der Waals surface area contributed by atoms with E-state index in [-0.39, 0.29) is 6.10 Å². The Bertz CT molecular complexity index is 917. The van der Waals surface area contributed by atoms with Crippen LogP contribution < -0.4 is 4.74 Å². The molecule has 4 rings (SSSR count). The lowest BCUT2D eigenvalue weighted by Crippen LogP contribution is -2.55. The quantitative estimate of drug-likeness (QED) is 0.294. The fourth-order valence-corrected chi connectivity index (χ4v) is 4.35. The van der Waals surface area contributed by atoms with Gasteiger partial charge in [-0.25, -0.2) is 4.89 Å². The van der Waals surface area contributed by atoms with Gasteiger partial charge in [-0.2, -0.15) is 0 Å². The van der Waals surface area contributed by atoms with Crippen molar-refractivity contribution in [3.05, 3.63) is 64.2 Å². The van der Waals surface area contributed by atoms with Crippen LogP contribution in [-0.4, -0.2) is 76.0 Å². The van der Waals surface area contributed by atoms with Crippen molar-refractivity contribution < 1.29 is 44.8 Å². The Morgan fingerprint density at radius 1 is 1.03 bits per heavy atom. The summed E-state index contributed by atoms with van der Waals surface area (Å²) in [6.45, 7) is 0.683. The van der Waals surface area contributed by atoms with Gasteiger partial charge in [0.15, 0.2) is 0 Å². The predicted molar refractivity (Wildman–Crippen MR) is 116 cm³/mol. The molecule has 2 saturated heterocycles. The summed E-state index contributed by atoms with van der Waals surface area (Å²) in [6.07, 6.45) is -6.63. The molecule has 7 atom stereocenters. The van der Waals surface area contributed by atoms with Crippen molar-refractivity contribution >= 4 is 11.6 Å². The second-order valence-electron chi connectivity index (χ2n) is 8.19. The van der Waals surface area contributed by atoms with Gasteiger partial charge in [-0.1, -0.05) is 29.8 Å². The minimum Gasteiger partial charge on any atom is -0.488 e. The molecule has 2 aromatic carbocycles. The summed E-state index contributed by atoms with van der Waals surface area (Å²) in [6, 6.07) is 11.7. The van der Waals surface area contributed by atoms with Crippen LogP contribution in [0.25, 0.3) is 0 Å². The normalized spacial score (nSPS) is 30.8.